The standard InChI is InChI=1S/C24H46O2/c1-5-6-7-8-9-10-11-12-13-14-15-16-17-19-23(4)20-18-21-26-24(25)22(2)3/h23H,2,5-21H2,1,3-4H3. The molecule has 0 heterocycles. The Morgan fingerprint density at radius 3 is 1.65 bits per heavy atom. The van der Waals surface area contributed by atoms with Gasteiger partial charge < -0.3 is 4.74 Å². The molecule has 1 unspecified atom stereocenters. The van der Waals surface area contributed by atoms with Gasteiger partial charge in [-0.25, -0.2) is 4.79 Å². The third-order valence-corrected chi connectivity index (χ3v) is 5.22. The minimum Gasteiger partial charge on any atom is -0.462 e. The van der Waals surface area contributed by atoms with Crippen LogP contribution in [-0.2, 0) is 9.53 Å². The van der Waals surface area contributed by atoms with Crippen LogP contribution < -0.4 is 0 Å². The summed E-state index contributed by atoms with van der Waals surface area (Å²) in [5, 5.41) is 0. The Bertz CT molecular complexity index is 335. The van der Waals surface area contributed by atoms with Crippen LogP contribution in [0.5, 0.6) is 0 Å². The van der Waals surface area contributed by atoms with Crippen LogP contribution >= 0.6 is 0 Å². The van der Waals surface area contributed by atoms with E-state index in [4.69, 9.17) is 4.74 Å². The average Bonchev–Trinajstić information content (AvgIpc) is 2.62. The quantitative estimate of drug-likeness (QED) is 0.131. The van der Waals surface area contributed by atoms with E-state index in [-0.39, 0.29) is 5.97 Å². The van der Waals surface area contributed by atoms with E-state index < -0.39 is 0 Å². The van der Waals surface area contributed by atoms with Gasteiger partial charge >= 0.3 is 5.97 Å². The fourth-order valence-corrected chi connectivity index (χ4v) is 3.37. The first-order valence-electron chi connectivity index (χ1n) is 11.4. The van der Waals surface area contributed by atoms with Crippen molar-refractivity contribution < 1.29 is 9.53 Å². The van der Waals surface area contributed by atoms with E-state index in [0.717, 1.165) is 18.8 Å². The minimum absolute atomic E-state index is 0.255. The largest absolute Gasteiger partial charge is 0.462 e. The highest BCUT2D eigenvalue weighted by Crippen LogP contribution is 2.17. The summed E-state index contributed by atoms with van der Waals surface area (Å²) < 4.78 is 5.14. The van der Waals surface area contributed by atoms with Crippen LogP contribution in [0.25, 0.3) is 0 Å². The summed E-state index contributed by atoms with van der Waals surface area (Å²) in [6.07, 6.45) is 21.9. The maximum absolute atomic E-state index is 11.3. The second kappa shape index (κ2) is 19.0. The van der Waals surface area contributed by atoms with E-state index in [1.807, 2.05) is 0 Å². The Kier molecular flexibility index (Phi) is 18.4. The van der Waals surface area contributed by atoms with E-state index in [9.17, 15) is 4.79 Å². The van der Waals surface area contributed by atoms with Gasteiger partial charge in [-0.1, -0.05) is 110 Å². The second-order valence-electron chi connectivity index (χ2n) is 8.19. The number of hydrogen-bond donors (Lipinski definition) is 0. The summed E-state index contributed by atoms with van der Waals surface area (Å²) in [6.45, 7) is 10.4. The van der Waals surface area contributed by atoms with Gasteiger partial charge in [0.15, 0.2) is 0 Å². The summed E-state index contributed by atoms with van der Waals surface area (Å²) in [5.41, 5.74) is 0.491. The fourth-order valence-electron chi connectivity index (χ4n) is 3.37. The third-order valence-electron chi connectivity index (χ3n) is 5.22. The molecular formula is C24H46O2. The van der Waals surface area contributed by atoms with Gasteiger partial charge in [0.2, 0.25) is 0 Å². The SMILES string of the molecule is C=C(C)C(=O)OCCCC(C)CCCCCCCCCCCCCCC. The molecule has 0 aromatic rings. The molecule has 0 saturated carbocycles. The van der Waals surface area contributed by atoms with Crippen molar-refractivity contribution in [1.29, 1.82) is 0 Å². The Morgan fingerprint density at radius 2 is 1.19 bits per heavy atom. The molecule has 0 radical (unpaired) electrons. The second-order valence-corrected chi connectivity index (χ2v) is 8.19. The van der Waals surface area contributed by atoms with Crippen LogP contribution in [0.15, 0.2) is 12.2 Å². The minimum atomic E-state index is -0.255. The number of carbonyl (C=O) groups excluding carboxylic acids is 1. The van der Waals surface area contributed by atoms with E-state index in [1.165, 1.54) is 89.9 Å². The van der Waals surface area contributed by atoms with Crippen molar-refractivity contribution in [1.82, 2.24) is 0 Å². The molecule has 0 aromatic carbocycles. The Labute approximate surface area is 164 Å². The lowest BCUT2D eigenvalue weighted by molar-refractivity contribution is -0.139. The molecule has 154 valence electrons. The molecular weight excluding hydrogens is 320 g/mol. The van der Waals surface area contributed by atoms with Crippen molar-refractivity contribution in [2.45, 2.75) is 124 Å². The molecule has 0 N–H and O–H groups in total. The Balaban J connectivity index is 3.22. The predicted octanol–water partition coefficient (Wildman–Crippen LogP) is 8.00. The molecule has 0 saturated heterocycles. The molecule has 1 atom stereocenters. The van der Waals surface area contributed by atoms with Crippen molar-refractivity contribution in [2.75, 3.05) is 6.61 Å². The van der Waals surface area contributed by atoms with Gasteiger partial charge in [0.25, 0.3) is 0 Å². The number of carbonyl (C=O) groups is 1. The number of ether oxygens (including phenoxy) is 1. The molecule has 2 nitrogen and oxygen atoms in total. The maximum Gasteiger partial charge on any atom is 0.333 e. The topological polar surface area (TPSA) is 26.3 Å². The molecule has 0 aliphatic carbocycles. The van der Waals surface area contributed by atoms with E-state index in [0.29, 0.717) is 12.2 Å². The maximum atomic E-state index is 11.3. The smallest absolute Gasteiger partial charge is 0.333 e. The first-order chi connectivity index (χ1) is 12.6. The highest BCUT2D eigenvalue weighted by atomic mass is 16.5. The van der Waals surface area contributed by atoms with Gasteiger partial charge in [-0.15, -0.1) is 0 Å². The Morgan fingerprint density at radius 1 is 0.769 bits per heavy atom. The van der Waals surface area contributed by atoms with E-state index in [1.54, 1.807) is 6.92 Å². The zero-order chi connectivity index (χ0) is 19.5. The first kappa shape index (κ1) is 25.2. The summed E-state index contributed by atoms with van der Waals surface area (Å²) in [4.78, 5) is 11.3. The van der Waals surface area contributed by atoms with Crippen molar-refractivity contribution in [3.8, 4) is 0 Å². The zero-order valence-electron chi connectivity index (χ0n) is 18.1. The van der Waals surface area contributed by atoms with Gasteiger partial charge in [0.05, 0.1) is 6.61 Å². The molecule has 0 amide bonds. The summed E-state index contributed by atoms with van der Waals surface area (Å²) in [5.74, 6) is 0.486. The van der Waals surface area contributed by atoms with Crippen LogP contribution in [0.3, 0.4) is 0 Å². The molecule has 0 aliphatic heterocycles. The molecule has 26 heavy (non-hydrogen) atoms. The van der Waals surface area contributed by atoms with Crippen LogP contribution in [-0.4, -0.2) is 12.6 Å². The zero-order valence-corrected chi connectivity index (χ0v) is 18.1. The molecule has 0 bridgehead atoms. The lowest BCUT2D eigenvalue weighted by atomic mass is 9.97. The van der Waals surface area contributed by atoms with Crippen LogP contribution in [0.1, 0.15) is 124 Å². The molecule has 0 aliphatic rings. The van der Waals surface area contributed by atoms with Crippen LogP contribution in [0, 0.1) is 5.92 Å². The number of hydrogen-bond acceptors (Lipinski definition) is 2. The molecule has 0 fully saturated rings. The van der Waals surface area contributed by atoms with Crippen molar-refractivity contribution in [3.05, 3.63) is 12.2 Å². The number of rotatable bonds is 19. The summed E-state index contributed by atoms with van der Waals surface area (Å²) >= 11 is 0. The Hall–Kier alpha value is -0.790. The lowest BCUT2D eigenvalue weighted by Gasteiger charge is -2.11. The third kappa shape index (κ3) is 18.0. The van der Waals surface area contributed by atoms with Crippen molar-refractivity contribution in [2.24, 2.45) is 5.92 Å². The fraction of sp³-hybridized carbons (Fsp3) is 0.875. The van der Waals surface area contributed by atoms with Gasteiger partial charge in [-0.3, -0.25) is 0 Å². The molecule has 0 rings (SSSR count). The van der Waals surface area contributed by atoms with Crippen LogP contribution in [0.4, 0.5) is 0 Å². The van der Waals surface area contributed by atoms with Gasteiger partial charge in [-0.2, -0.15) is 0 Å². The number of unbranched alkanes of at least 4 members (excludes halogenated alkanes) is 12. The van der Waals surface area contributed by atoms with Gasteiger partial charge in [-0.05, 0) is 25.7 Å². The normalized spacial score (nSPS) is 12.1. The monoisotopic (exact) mass is 366 g/mol. The summed E-state index contributed by atoms with van der Waals surface area (Å²) in [6, 6.07) is 0. The van der Waals surface area contributed by atoms with Crippen molar-refractivity contribution in [3.63, 3.8) is 0 Å². The number of esters is 1. The molecule has 2 heteroatoms. The molecule has 0 spiro atoms. The first-order valence-corrected chi connectivity index (χ1v) is 11.4. The highest BCUT2D eigenvalue weighted by Gasteiger charge is 2.05. The van der Waals surface area contributed by atoms with Crippen molar-refractivity contribution >= 4 is 5.97 Å². The summed E-state index contributed by atoms with van der Waals surface area (Å²) in [7, 11) is 0. The molecule has 0 aromatic heterocycles. The van der Waals surface area contributed by atoms with Crippen LogP contribution in [0.2, 0.25) is 0 Å². The lowest BCUT2D eigenvalue weighted by Crippen LogP contribution is -2.07. The highest BCUT2D eigenvalue weighted by molar-refractivity contribution is 5.86. The predicted molar refractivity (Wildman–Crippen MR) is 114 cm³/mol. The average molecular weight is 367 g/mol. The van der Waals surface area contributed by atoms with E-state index >= 15 is 0 Å². The van der Waals surface area contributed by atoms with Gasteiger partial charge in [0, 0.05) is 5.57 Å². The van der Waals surface area contributed by atoms with E-state index in [2.05, 4.69) is 20.4 Å². The van der Waals surface area contributed by atoms with Gasteiger partial charge in [0.1, 0.15) is 0 Å².